The summed E-state index contributed by atoms with van der Waals surface area (Å²) in [5.74, 6) is -0.905. The molecule has 1 amide bonds. The van der Waals surface area contributed by atoms with Crippen molar-refractivity contribution in [3.63, 3.8) is 0 Å². The molecule has 0 aliphatic heterocycles. The average molecular weight is 389 g/mol. The number of hydrogen-bond donors (Lipinski definition) is 2. The van der Waals surface area contributed by atoms with Gasteiger partial charge in [0, 0.05) is 14.2 Å². The summed E-state index contributed by atoms with van der Waals surface area (Å²) in [5.41, 5.74) is -0.432. The molecule has 0 spiro atoms. The van der Waals surface area contributed by atoms with E-state index in [1.165, 1.54) is 38.5 Å². The quantitative estimate of drug-likeness (QED) is 0.651. The molecule has 9 nitrogen and oxygen atoms in total. The third-order valence-electron chi connectivity index (χ3n) is 3.07. The minimum atomic E-state index is -3.32. The molecule has 10 heteroatoms. The lowest BCUT2D eigenvalue weighted by atomic mass is 10.1. The molecular formula is C16H24NO8P. The van der Waals surface area contributed by atoms with Gasteiger partial charge in [0.05, 0.1) is 0 Å². The number of nitrogens with one attached hydrogen (secondary N) is 1. The fraction of sp³-hybridized carbons (Fsp3) is 0.500. The molecule has 0 fully saturated rings. The fourth-order valence-corrected chi connectivity index (χ4v) is 2.47. The normalized spacial score (nSPS) is 13.0. The highest BCUT2D eigenvalue weighted by Gasteiger charge is 2.26. The first-order valence-electron chi connectivity index (χ1n) is 7.65. The van der Waals surface area contributed by atoms with Crippen molar-refractivity contribution < 1.29 is 37.8 Å². The van der Waals surface area contributed by atoms with Gasteiger partial charge in [0.25, 0.3) is 0 Å². The predicted octanol–water partition coefficient (Wildman–Crippen LogP) is 3.16. The van der Waals surface area contributed by atoms with E-state index in [1.54, 1.807) is 20.8 Å². The first kappa shape index (κ1) is 22.0. The zero-order valence-electron chi connectivity index (χ0n) is 15.3. The van der Waals surface area contributed by atoms with E-state index in [1.807, 2.05) is 0 Å². The Morgan fingerprint density at radius 3 is 2.12 bits per heavy atom. The van der Waals surface area contributed by atoms with Crippen LogP contribution in [0.15, 0.2) is 24.3 Å². The number of carboxylic acids is 1. The highest BCUT2D eigenvalue weighted by Crippen LogP contribution is 2.46. The summed E-state index contributed by atoms with van der Waals surface area (Å²) in [6, 6.07) is 4.62. The largest absolute Gasteiger partial charge is 0.481 e. The Labute approximate surface area is 152 Å². The van der Waals surface area contributed by atoms with Crippen molar-refractivity contribution in [3.05, 3.63) is 29.8 Å². The van der Waals surface area contributed by atoms with Crippen molar-refractivity contribution >= 4 is 19.7 Å². The van der Waals surface area contributed by atoms with Gasteiger partial charge < -0.3 is 28.9 Å². The smallest absolute Gasteiger partial charge is 0.408 e. The lowest BCUT2D eigenvalue weighted by Gasteiger charge is -2.22. The molecule has 1 aromatic carbocycles. The maximum Gasteiger partial charge on any atom is 0.408 e. The third kappa shape index (κ3) is 7.03. The summed E-state index contributed by atoms with van der Waals surface area (Å²) in [6.07, 6.45) is -1.14. The molecular weight excluding hydrogens is 365 g/mol. The third-order valence-corrected chi connectivity index (χ3v) is 4.63. The van der Waals surface area contributed by atoms with Gasteiger partial charge in [0.1, 0.15) is 11.4 Å². The first-order chi connectivity index (χ1) is 12.0. The van der Waals surface area contributed by atoms with Gasteiger partial charge in [0.2, 0.25) is 0 Å². The van der Waals surface area contributed by atoms with Crippen LogP contribution in [0.25, 0.3) is 0 Å². The van der Waals surface area contributed by atoms with E-state index in [0.717, 1.165) is 0 Å². The number of benzene rings is 1. The summed E-state index contributed by atoms with van der Waals surface area (Å²) in [7, 11) is -0.829. The maximum absolute atomic E-state index is 11.9. The van der Waals surface area contributed by atoms with E-state index < -0.39 is 31.3 Å². The number of carbonyl (C=O) groups excluding carboxylic acids is 1. The highest BCUT2D eigenvalue weighted by molar-refractivity contribution is 7.53. The van der Waals surface area contributed by atoms with Crippen LogP contribution in [0.1, 0.15) is 32.4 Å². The van der Waals surface area contributed by atoms with Crippen LogP contribution >= 0.6 is 7.60 Å². The summed E-state index contributed by atoms with van der Waals surface area (Å²) in [6.45, 7) is 5.02. The lowest BCUT2D eigenvalue weighted by Crippen LogP contribution is -2.38. The number of rotatable bonds is 8. The van der Waals surface area contributed by atoms with Crippen LogP contribution in [-0.2, 0) is 23.1 Å². The summed E-state index contributed by atoms with van der Waals surface area (Å²) in [4.78, 5) is 23.3. The van der Waals surface area contributed by atoms with Crippen LogP contribution < -0.4 is 10.1 Å². The number of alkyl carbamates (subject to hydrolysis) is 1. The summed E-state index contributed by atoms with van der Waals surface area (Å²) in [5, 5.41) is 11.6. The van der Waals surface area contributed by atoms with Gasteiger partial charge in [-0.1, -0.05) is 12.1 Å². The Hall–Kier alpha value is -2.09. The SMILES string of the molecule is COP(=O)(COc1ccc(C(NC(=O)OC(C)(C)C)C(=O)O)cc1)OC. The molecule has 26 heavy (non-hydrogen) atoms. The van der Waals surface area contributed by atoms with E-state index in [4.69, 9.17) is 18.5 Å². The molecule has 2 N–H and O–H groups in total. The Morgan fingerprint density at radius 2 is 1.69 bits per heavy atom. The number of ether oxygens (including phenoxy) is 2. The molecule has 0 aromatic heterocycles. The second-order valence-corrected chi connectivity index (χ2v) is 8.45. The van der Waals surface area contributed by atoms with Crippen molar-refractivity contribution in [1.82, 2.24) is 5.32 Å². The van der Waals surface area contributed by atoms with E-state index in [0.29, 0.717) is 11.3 Å². The molecule has 0 aliphatic carbocycles. The Kier molecular flexibility index (Phi) is 7.62. The molecule has 0 bridgehead atoms. The number of carbonyl (C=O) groups is 2. The molecule has 1 unspecified atom stereocenters. The van der Waals surface area contributed by atoms with Crippen molar-refractivity contribution in [2.45, 2.75) is 32.4 Å². The Bertz CT molecular complexity index is 660. The monoisotopic (exact) mass is 389 g/mol. The van der Waals surface area contributed by atoms with Crippen LogP contribution in [0.2, 0.25) is 0 Å². The van der Waals surface area contributed by atoms with Gasteiger partial charge in [0.15, 0.2) is 12.4 Å². The van der Waals surface area contributed by atoms with E-state index in [9.17, 15) is 19.3 Å². The maximum atomic E-state index is 11.9. The van der Waals surface area contributed by atoms with Gasteiger partial charge in [-0.3, -0.25) is 4.57 Å². The van der Waals surface area contributed by atoms with Gasteiger partial charge in [-0.25, -0.2) is 9.59 Å². The molecule has 1 atom stereocenters. The van der Waals surface area contributed by atoms with Crippen LogP contribution in [-0.4, -0.2) is 43.3 Å². The van der Waals surface area contributed by atoms with E-state index in [-0.39, 0.29) is 6.35 Å². The van der Waals surface area contributed by atoms with Crippen LogP contribution in [0.4, 0.5) is 4.79 Å². The molecule has 1 aromatic rings. The van der Waals surface area contributed by atoms with Gasteiger partial charge in [-0.2, -0.15) is 0 Å². The number of carboxylic acid groups (broad SMARTS) is 1. The van der Waals surface area contributed by atoms with Crippen LogP contribution in [0, 0.1) is 0 Å². The van der Waals surface area contributed by atoms with Gasteiger partial charge >= 0.3 is 19.7 Å². The average Bonchev–Trinajstić information content (AvgIpc) is 2.56. The minimum absolute atomic E-state index is 0.294. The van der Waals surface area contributed by atoms with Crippen molar-refractivity contribution in [2.24, 2.45) is 0 Å². The molecule has 0 saturated heterocycles. The molecule has 0 heterocycles. The van der Waals surface area contributed by atoms with E-state index >= 15 is 0 Å². The van der Waals surface area contributed by atoms with E-state index in [2.05, 4.69) is 5.32 Å². The molecule has 146 valence electrons. The molecule has 0 aliphatic rings. The van der Waals surface area contributed by atoms with Crippen molar-refractivity contribution in [1.29, 1.82) is 0 Å². The predicted molar refractivity (Wildman–Crippen MR) is 93.3 cm³/mol. The minimum Gasteiger partial charge on any atom is -0.481 e. The van der Waals surface area contributed by atoms with Crippen molar-refractivity contribution in [2.75, 3.05) is 20.6 Å². The number of amides is 1. The topological polar surface area (TPSA) is 120 Å². The second-order valence-electron chi connectivity index (χ2n) is 6.24. The van der Waals surface area contributed by atoms with Crippen molar-refractivity contribution in [3.8, 4) is 5.75 Å². The van der Waals surface area contributed by atoms with Gasteiger partial charge in [-0.15, -0.1) is 0 Å². The zero-order chi connectivity index (χ0) is 20.0. The van der Waals surface area contributed by atoms with Crippen LogP contribution in [0.5, 0.6) is 5.75 Å². The second kappa shape index (κ2) is 9.02. The standard InChI is InChI=1S/C16H24NO8P/c1-16(2,3)25-15(20)17-13(14(18)19)11-6-8-12(9-7-11)24-10-26(21,22-4)23-5/h6-9,13H,10H2,1-5H3,(H,17,20)(H,18,19). The zero-order valence-corrected chi connectivity index (χ0v) is 16.2. The number of aliphatic carboxylic acids is 1. The molecule has 0 saturated carbocycles. The fourth-order valence-electron chi connectivity index (χ4n) is 1.80. The summed E-state index contributed by atoms with van der Waals surface area (Å²) < 4.78 is 31.8. The number of hydrogen-bond acceptors (Lipinski definition) is 7. The first-order valence-corrected chi connectivity index (χ1v) is 9.38. The van der Waals surface area contributed by atoms with Gasteiger partial charge in [-0.05, 0) is 38.5 Å². The van der Waals surface area contributed by atoms with Crippen LogP contribution in [0.3, 0.4) is 0 Å². The molecule has 0 radical (unpaired) electrons. The highest BCUT2D eigenvalue weighted by atomic mass is 31.2. The Balaban J connectivity index is 2.81. The summed E-state index contributed by atoms with van der Waals surface area (Å²) >= 11 is 0. The molecule has 1 rings (SSSR count). The Morgan fingerprint density at radius 1 is 1.15 bits per heavy atom. The lowest BCUT2D eigenvalue weighted by molar-refractivity contribution is -0.139.